The van der Waals surface area contributed by atoms with Crippen LogP contribution < -0.4 is 9.47 Å². The molecule has 0 spiro atoms. The van der Waals surface area contributed by atoms with Crippen LogP contribution in [0.1, 0.15) is 36.1 Å². The van der Waals surface area contributed by atoms with E-state index in [2.05, 4.69) is 26.0 Å². The summed E-state index contributed by atoms with van der Waals surface area (Å²) in [7, 11) is 0. The molecular weight excluding hydrogens is 384 g/mol. The number of halogens is 1. The van der Waals surface area contributed by atoms with Crippen LogP contribution in [-0.2, 0) is 10.2 Å². The normalized spacial score (nSPS) is 11.2. The standard InChI is InChI=1S/C25H25ClO3/c1-17-14-22(15-18(2)24(17)26)29-23(27)16-28-21-12-10-20(11-13-21)25(3,4)19-8-6-5-7-9-19/h5-15H,16H2,1-4H3. The summed E-state index contributed by atoms with van der Waals surface area (Å²) in [5.74, 6) is 0.635. The van der Waals surface area contributed by atoms with E-state index in [9.17, 15) is 4.79 Å². The predicted molar refractivity (Wildman–Crippen MR) is 117 cm³/mol. The summed E-state index contributed by atoms with van der Waals surface area (Å²) in [4.78, 5) is 12.1. The molecule has 3 aromatic rings. The van der Waals surface area contributed by atoms with Crippen molar-refractivity contribution >= 4 is 17.6 Å². The molecule has 0 aromatic heterocycles. The van der Waals surface area contributed by atoms with E-state index < -0.39 is 5.97 Å². The molecule has 29 heavy (non-hydrogen) atoms. The van der Waals surface area contributed by atoms with Crippen molar-refractivity contribution in [3.63, 3.8) is 0 Å². The van der Waals surface area contributed by atoms with Crippen LogP contribution in [0.25, 0.3) is 0 Å². The number of hydrogen-bond acceptors (Lipinski definition) is 3. The Labute approximate surface area is 177 Å². The maximum atomic E-state index is 12.1. The Balaban J connectivity index is 1.61. The van der Waals surface area contributed by atoms with Gasteiger partial charge in [-0.15, -0.1) is 0 Å². The number of carbonyl (C=O) groups is 1. The average Bonchev–Trinajstić information content (AvgIpc) is 2.71. The van der Waals surface area contributed by atoms with Crippen molar-refractivity contribution in [1.82, 2.24) is 0 Å². The zero-order valence-corrected chi connectivity index (χ0v) is 17.9. The lowest BCUT2D eigenvalue weighted by Crippen LogP contribution is -2.19. The van der Waals surface area contributed by atoms with Gasteiger partial charge in [0.05, 0.1) is 0 Å². The molecule has 0 aliphatic heterocycles. The lowest BCUT2D eigenvalue weighted by Gasteiger charge is -2.26. The summed E-state index contributed by atoms with van der Waals surface area (Å²) < 4.78 is 11.0. The Kier molecular flexibility index (Phi) is 6.29. The average molecular weight is 409 g/mol. The maximum Gasteiger partial charge on any atom is 0.349 e. The topological polar surface area (TPSA) is 35.5 Å². The summed E-state index contributed by atoms with van der Waals surface area (Å²) in [5.41, 5.74) is 4.03. The van der Waals surface area contributed by atoms with Crippen LogP contribution in [0.15, 0.2) is 66.7 Å². The molecule has 0 saturated carbocycles. The summed E-state index contributed by atoms with van der Waals surface area (Å²) in [5, 5.41) is 0.680. The summed E-state index contributed by atoms with van der Waals surface area (Å²) in [6.07, 6.45) is 0. The third kappa shape index (κ3) is 4.99. The quantitative estimate of drug-likeness (QED) is 0.356. The Hall–Kier alpha value is -2.78. The molecule has 0 saturated heterocycles. The fraction of sp³-hybridized carbons (Fsp3) is 0.240. The van der Waals surface area contributed by atoms with Crippen molar-refractivity contribution < 1.29 is 14.3 Å². The molecule has 0 atom stereocenters. The number of ether oxygens (including phenoxy) is 2. The molecular formula is C25H25ClO3. The van der Waals surface area contributed by atoms with Gasteiger partial charge in [0.1, 0.15) is 11.5 Å². The molecule has 0 radical (unpaired) electrons. The fourth-order valence-corrected chi connectivity index (χ4v) is 3.37. The minimum absolute atomic E-state index is 0.122. The van der Waals surface area contributed by atoms with Crippen LogP contribution >= 0.6 is 11.6 Å². The number of aryl methyl sites for hydroxylation is 2. The van der Waals surface area contributed by atoms with E-state index in [1.165, 1.54) is 11.1 Å². The van der Waals surface area contributed by atoms with Crippen LogP contribution in [0, 0.1) is 13.8 Å². The zero-order valence-electron chi connectivity index (χ0n) is 17.2. The largest absolute Gasteiger partial charge is 0.482 e. The van der Waals surface area contributed by atoms with Crippen molar-refractivity contribution in [2.24, 2.45) is 0 Å². The van der Waals surface area contributed by atoms with Gasteiger partial charge in [-0.2, -0.15) is 0 Å². The van der Waals surface area contributed by atoms with E-state index in [1.807, 2.05) is 56.3 Å². The molecule has 0 N–H and O–H groups in total. The van der Waals surface area contributed by atoms with Crippen molar-refractivity contribution in [2.45, 2.75) is 33.1 Å². The predicted octanol–water partition coefficient (Wildman–Crippen LogP) is 6.27. The molecule has 4 heteroatoms. The van der Waals surface area contributed by atoms with E-state index in [0.29, 0.717) is 16.5 Å². The minimum atomic E-state index is -0.459. The van der Waals surface area contributed by atoms with Gasteiger partial charge < -0.3 is 9.47 Å². The second kappa shape index (κ2) is 8.71. The van der Waals surface area contributed by atoms with Gasteiger partial charge in [0, 0.05) is 10.4 Å². The lowest BCUT2D eigenvalue weighted by molar-refractivity contribution is -0.136. The van der Waals surface area contributed by atoms with E-state index in [4.69, 9.17) is 21.1 Å². The van der Waals surface area contributed by atoms with Gasteiger partial charge >= 0.3 is 5.97 Å². The summed E-state index contributed by atoms with van der Waals surface area (Å²) >= 11 is 6.15. The zero-order chi connectivity index (χ0) is 21.0. The molecule has 0 fully saturated rings. The molecule has 0 aliphatic carbocycles. The highest BCUT2D eigenvalue weighted by molar-refractivity contribution is 6.32. The summed E-state index contributed by atoms with van der Waals surface area (Å²) in [6.45, 7) is 7.96. The first kappa shape index (κ1) is 20.9. The van der Waals surface area contributed by atoms with Crippen LogP contribution in [0.2, 0.25) is 5.02 Å². The van der Waals surface area contributed by atoms with Crippen molar-refractivity contribution in [2.75, 3.05) is 6.61 Å². The molecule has 0 bridgehead atoms. The van der Waals surface area contributed by atoms with E-state index in [-0.39, 0.29) is 12.0 Å². The van der Waals surface area contributed by atoms with Crippen molar-refractivity contribution in [3.8, 4) is 11.5 Å². The number of carbonyl (C=O) groups excluding carboxylic acids is 1. The van der Waals surface area contributed by atoms with Crippen molar-refractivity contribution in [1.29, 1.82) is 0 Å². The van der Waals surface area contributed by atoms with Crippen molar-refractivity contribution in [3.05, 3.63) is 94.0 Å². The molecule has 3 nitrogen and oxygen atoms in total. The fourth-order valence-electron chi connectivity index (χ4n) is 3.26. The van der Waals surface area contributed by atoms with E-state index >= 15 is 0 Å². The lowest BCUT2D eigenvalue weighted by atomic mass is 9.78. The van der Waals surface area contributed by atoms with Gasteiger partial charge in [0.2, 0.25) is 0 Å². The first-order valence-electron chi connectivity index (χ1n) is 9.53. The van der Waals surface area contributed by atoms with Crippen LogP contribution in [0.3, 0.4) is 0 Å². The SMILES string of the molecule is Cc1cc(OC(=O)COc2ccc(C(C)(C)c3ccccc3)cc2)cc(C)c1Cl. The van der Waals surface area contributed by atoms with Gasteiger partial charge in [0.25, 0.3) is 0 Å². The Bertz CT molecular complexity index is 969. The van der Waals surface area contributed by atoms with Gasteiger partial charge in [-0.3, -0.25) is 0 Å². The number of esters is 1. The first-order valence-corrected chi connectivity index (χ1v) is 9.91. The van der Waals surface area contributed by atoms with E-state index in [0.717, 1.165) is 11.1 Å². The molecule has 3 aromatic carbocycles. The third-order valence-electron chi connectivity index (χ3n) is 5.07. The molecule has 0 heterocycles. The Morgan fingerprint density at radius 3 is 2.00 bits per heavy atom. The third-order valence-corrected chi connectivity index (χ3v) is 5.67. The first-order chi connectivity index (χ1) is 13.8. The number of benzene rings is 3. The Morgan fingerprint density at radius 2 is 1.41 bits per heavy atom. The second-order valence-electron chi connectivity index (χ2n) is 7.65. The van der Waals surface area contributed by atoms with Crippen LogP contribution in [0.5, 0.6) is 11.5 Å². The maximum absolute atomic E-state index is 12.1. The molecule has 150 valence electrons. The summed E-state index contributed by atoms with van der Waals surface area (Å²) in [6, 6.07) is 21.7. The minimum Gasteiger partial charge on any atom is -0.482 e. The molecule has 0 unspecified atom stereocenters. The second-order valence-corrected chi connectivity index (χ2v) is 8.03. The van der Waals surface area contributed by atoms with Crippen LogP contribution in [-0.4, -0.2) is 12.6 Å². The highest BCUT2D eigenvalue weighted by Gasteiger charge is 2.22. The van der Waals surface area contributed by atoms with Crippen LogP contribution in [0.4, 0.5) is 0 Å². The highest BCUT2D eigenvalue weighted by Crippen LogP contribution is 2.32. The molecule has 0 aliphatic rings. The number of rotatable bonds is 6. The molecule has 0 amide bonds. The molecule has 3 rings (SSSR count). The number of hydrogen-bond donors (Lipinski definition) is 0. The highest BCUT2D eigenvalue weighted by atomic mass is 35.5. The smallest absolute Gasteiger partial charge is 0.349 e. The Morgan fingerprint density at radius 1 is 0.862 bits per heavy atom. The van der Waals surface area contributed by atoms with Gasteiger partial charge in [-0.05, 0) is 60.4 Å². The van der Waals surface area contributed by atoms with Gasteiger partial charge in [-0.1, -0.05) is 67.9 Å². The van der Waals surface area contributed by atoms with E-state index in [1.54, 1.807) is 12.1 Å². The monoisotopic (exact) mass is 408 g/mol. The van der Waals surface area contributed by atoms with Gasteiger partial charge in [0.15, 0.2) is 6.61 Å². The van der Waals surface area contributed by atoms with Gasteiger partial charge in [-0.25, -0.2) is 4.79 Å².